The van der Waals surface area contributed by atoms with Crippen molar-refractivity contribution in [2.45, 2.75) is 20.8 Å². The third-order valence-corrected chi connectivity index (χ3v) is 8.84. The van der Waals surface area contributed by atoms with E-state index in [9.17, 15) is 0 Å². The monoisotopic (exact) mass is 843 g/mol. The average molecular weight is 846 g/mol. The minimum Gasteiger partial charge on any atom is -0.356 e. The van der Waals surface area contributed by atoms with Crippen LogP contribution in [-0.4, -0.2) is 29.9 Å². The Morgan fingerprint density at radius 2 is 0.690 bits per heavy atom. The number of halogens is 4. The Morgan fingerprint density at radius 1 is 0.345 bits per heavy atom. The van der Waals surface area contributed by atoms with Gasteiger partial charge in [-0.3, -0.25) is 9.80 Å². The summed E-state index contributed by atoms with van der Waals surface area (Å²) in [5, 5.41) is 3.46. The first-order valence-corrected chi connectivity index (χ1v) is 19.5. The summed E-state index contributed by atoms with van der Waals surface area (Å²) in [6.07, 6.45) is 0. The molecule has 2 heterocycles. The fourth-order valence-corrected chi connectivity index (χ4v) is 6.45. The van der Waals surface area contributed by atoms with Crippen LogP contribution in [0.2, 0.25) is 21.1 Å². The van der Waals surface area contributed by atoms with E-state index < -0.39 is 0 Å². The highest BCUT2D eigenvalue weighted by atomic mass is 35.5. The maximum absolute atomic E-state index is 6.53. The topological polar surface area (TPSA) is 95.9 Å². The van der Waals surface area contributed by atoms with Crippen molar-refractivity contribution in [1.82, 2.24) is 29.9 Å². The molecule has 0 aliphatic heterocycles. The van der Waals surface area contributed by atoms with Crippen LogP contribution in [-0.2, 0) is 0 Å². The van der Waals surface area contributed by atoms with Crippen molar-refractivity contribution in [1.29, 1.82) is 0 Å². The molecule has 0 amide bonds. The van der Waals surface area contributed by atoms with Gasteiger partial charge in [-0.1, -0.05) is 91.0 Å². The Morgan fingerprint density at radius 3 is 1.10 bits per heavy atom. The number of hydrogen-bond donors (Lipinski definition) is 1. The van der Waals surface area contributed by atoms with Gasteiger partial charge < -0.3 is 5.32 Å². The van der Waals surface area contributed by atoms with Gasteiger partial charge in [0.1, 0.15) is 0 Å². The van der Waals surface area contributed by atoms with Crippen molar-refractivity contribution in [3.8, 4) is 0 Å². The molecule has 8 rings (SSSR count). The Kier molecular flexibility index (Phi) is 14.6. The SMILES string of the molecule is Cc1cccc(N(c2ccccc2)c2nc(Cl)nc(N(c3ccccc3)c3cccc(C)c3)n2)c1.Cc1cccc(Nc2ccccc2)c1.Clc1nc(Cl)nc(Cl)n1. The molecule has 1 N–H and O–H groups in total. The second-order valence-electron chi connectivity index (χ2n) is 12.7. The number of benzene rings is 6. The number of rotatable bonds is 8. The van der Waals surface area contributed by atoms with E-state index in [1.165, 1.54) is 5.56 Å². The third-order valence-electron chi connectivity index (χ3n) is 8.17. The number of hydrogen-bond acceptors (Lipinski definition) is 9. The molecule has 8 aromatic rings. The summed E-state index contributed by atoms with van der Waals surface area (Å²) in [5.74, 6) is 0.871. The second kappa shape index (κ2) is 20.4. The lowest BCUT2D eigenvalue weighted by Gasteiger charge is -2.27. The van der Waals surface area contributed by atoms with E-state index in [0.29, 0.717) is 11.9 Å². The van der Waals surface area contributed by atoms with E-state index in [1.54, 1.807) is 0 Å². The minimum atomic E-state index is 0.000000000000000444. The van der Waals surface area contributed by atoms with Gasteiger partial charge in [0.2, 0.25) is 33.0 Å². The summed E-state index contributed by atoms with van der Waals surface area (Å²) < 4.78 is 0. The first-order chi connectivity index (χ1) is 28.1. The van der Waals surface area contributed by atoms with Crippen molar-refractivity contribution in [3.05, 3.63) is 202 Å². The second-order valence-corrected chi connectivity index (χ2v) is 14.1. The molecule has 9 nitrogen and oxygen atoms in total. The van der Waals surface area contributed by atoms with Crippen LogP contribution in [0.5, 0.6) is 0 Å². The number of para-hydroxylation sites is 3. The van der Waals surface area contributed by atoms with Gasteiger partial charge in [0.25, 0.3) is 0 Å². The molecule has 0 fully saturated rings. The van der Waals surface area contributed by atoms with Crippen LogP contribution >= 0.6 is 46.4 Å². The Balaban J connectivity index is 0.000000200. The molecule has 13 heteroatoms. The lowest BCUT2D eigenvalue weighted by atomic mass is 10.2. The predicted octanol–water partition coefficient (Wildman–Crippen LogP) is 13.7. The van der Waals surface area contributed by atoms with Crippen molar-refractivity contribution >= 4 is 92.4 Å². The highest BCUT2D eigenvalue weighted by Gasteiger charge is 2.22. The molecule has 0 unspecified atom stereocenters. The lowest BCUT2D eigenvalue weighted by molar-refractivity contribution is 0.981. The first-order valence-electron chi connectivity index (χ1n) is 18.0. The highest BCUT2D eigenvalue weighted by molar-refractivity contribution is 6.33. The van der Waals surface area contributed by atoms with Gasteiger partial charge in [-0.15, -0.1) is 0 Å². The molecule has 0 saturated heterocycles. The third kappa shape index (κ3) is 12.0. The summed E-state index contributed by atoms with van der Waals surface area (Å²) >= 11 is 22.5. The smallest absolute Gasteiger partial charge is 0.240 e. The molecule has 58 heavy (non-hydrogen) atoms. The number of aromatic nitrogens is 6. The van der Waals surface area contributed by atoms with E-state index in [0.717, 1.165) is 45.3 Å². The number of nitrogens with zero attached hydrogens (tertiary/aromatic N) is 8. The summed E-state index contributed by atoms with van der Waals surface area (Å²) in [7, 11) is 0. The summed E-state index contributed by atoms with van der Waals surface area (Å²) in [5.41, 5.74) is 9.52. The number of aryl methyl sites for hydroxylation is 3. The summed E-state index contributed by atoms with van der Waals surface area (Å²) in [6.45, 7) is 6.22. The van der Waals surface area contributed by atoms with Crippen LogP contribution in [0.4, 0.5) is 46.0 Å². The molecular weight excluding hydrogens is 808 g/mol. The molecular formula is C45H37Cl4N9. The molecule has 290 valence electrons. The molecule has 0 aliphatic rings. The lowest BCUT2D eigenvalue weighted by Crippen LogP contribution is -2.19. The van der Waals surface area contributed by atoms with Gasteiger partial charge >= 0.3 is 0 Å². The van der Waals surface area contributed by atoms with Crippen molar-refractivity contribution in [2.75, 3.05) is 15.1 Å². The van der Waals surface area contributed by atoms with Gasteiger partial charge in [0, 0.05) is 34.1 Å². The summed E-state index contributed by atoms with van der Waals surface area (Å²) in [6, 6.07) is 55.0. The van der Waals surface area contributed by atoms with Crippen LogP contribution in [0, 0.1) is 20.8 Å². The van der Waals surface area contributed by atoms with E-state index in [4.69, 9.17) is 51.4 Å². The zero-order chi connectivity index (χ0) is 40.9. The fraction of sp³-hybridized carbons (Fsp3) is 0.0667. The van der Waals surface area contributed by atoms with E-state index in [2.05, 4.69) is 112 Å². The van der Waals surface area contributed by atoms with E-state index >= 15 is 0 Å². The molecule has 0 atom stereocenters. The minimum absolute atomic E-state index is 0.000000000000000444. The van der Waals surface area contributed by atoms with Gasteiger partial charge in [-0.05, 0) is 157 Å². The van der Waals surface area contributed by atoms with Gasteiger partial charge in [0.05, 0.1) is 0 Å². The maximum atomic E-state index is 6.53. The molecule has 2 aromatic heterocycles. The average Bonchev–Trinajstić information content (AvgIpc) is 3.19. The van der Waals surface area contributed by atoms with Crippen molar-refractivity contribution < 1.29 is 0 Å². The number of nitrogens with one attached hydrogen (secondary N) is 1. The van der Waals surface area contributed by atoms with Crippen LogP contribution < -0.4 is 15.1 Å². The van der Waals surface area contributed by atoms with Gasteiger partial charge in [-0.25, -0.2) is 0 Å². The summed E-state index contributed by atoms with van der Waals surface area (Å²) in [4.78, 5) is 28.4. The normalized spacial score (nSPS) is 10.3. The maximum Gasteiger partial charge on any atom is 0.240 e. The molecule has 0 spiro atoms. The fourth-order valence-electron chi connectivity index (χ4n) is 5.69. The first kappa shape index (κ1) is 41.5. The largest absolute Gasteiger partial charge is 0.356 e. The zero-order valence-corrected chi connectivity index (χ0v) is 34.7. The molecule has 0 aliphatic carbocycles. The molecule has 0 bridgehead atoms. The van der Waals surface area contributed by atoms with Gasteiger partial charge in [0.15, 0.2) is 0 Å². The predicted molar refractivity (Wildman–Crippen MR) is 239 cm³/mol. The molecule has 6 aromatic carbocycles. The number of anilines is 8. The van der Waals surface area contributed by atoms with Crippen LogP contribution in [0.25, 0.3) is 0 Å². The highest BCUT2D eigenvalue weighted by Crippen LogP contribution is 2.37. The van der Waals surface area contributed by atoms with Crippen LogP contribution in [0.3, 0.4) is 0 Å². The van der Waals surface area contributed by atoms with Crippen molar-refractivity contribution in [2.24, 2.45) is 0 Å². The Labute approximate surface area is 358 Å². The quantitative estimate of drug-likeness (QED) is 0.160. The standard InChI is InChI=1S/C29H24ClN5.C13H13N.C3Cl3N3/c1-21-11-9-17-25(19-21)34(23-13-5-3-6-14-23)28-31-27(30)32-29(33-28)35(24-15-7-4-8-16-24)26-18-10-12-22(2)20-26;1-11-6-5-9-13(10-11)14-12-7-3-2-4-8-12;4-1-7-2(5)9-3(6)8-1/h3-20H,1-2H3;2-10,14H,1H3;. The van der Waals surface area contributed by atoms with Crippen molar-refractivity contribution in [3.63, 3.8) is 0 Å². The van der Waals surface area contributed by atoms with Crippen LogP contribution in [0.1, 0.15) is 16.7 Å². The Hall–Kier alpha value is -6.10. The van der Waals surface area contributed by atoms with Gasteiger partial charge in [-0.2, -0.15) is 29.9 Å². The Bertz CT molecular complexity index is 2390. The van der Waals surface area contributed by atoms with Crippen LogP contribution in [0.15, 0.2) is 164 Å². The van der Waals surface area contributed by atoms with E-state index in [1.807, 2.05) is 113 Å². The van der Waals surface area contributed by atoms with E-state index in [-0.39, 0.29) is 21.1 Å². The zero-order valence-electron chi connectivity index (χ0n) is 31.7. The molecule has 0 radical (unpaired) electrons. The molecule has 0 saturated carbocycles.